The van der Waals surface area contributed by atoms with Gasteiger partial charge in [-0.1, -0.05) is 41.4 Å². The minimum atomic E-state index is -4.91. The molecule has 178 valence electrons. The van der Waals surface area contributed by atoms with E-state index in [-0.39, 0.29) is 18.2 Å². The number of hydrogen-bond acceptors (Lipinski definition) is 5. The summed E-state index contributed by atoms with van der Waals surface area (Å²) in [6.07, 6.45) is -7.31. The first-order valence-corrected chi connectivity index (χ1v) is 10.7. The average Bonchev–Trinajstić information content (AvgIpc) is 3.35. The molecule has 8 nitrogen and oxygen atoms in total. The van der Waals surface area contributed by atoms with Crippen LogP contribution in [0.15, 0.2) is 53.3 Å². The molecule has 0 aliphatic heterocycles. The molecule has 0 fully saturated rings. The number of rotatable bonds is 7. The van der Waals surface area contributed by atoms with E-state index in [1.54, 1.807) is 12.1 Å². The molecular formula is C21H17Cl2F3N6O2. The molecular weight excluding hydrogens is 496 g/mol. The second-order valence-electron chi connectivity index (χ2n) is 7.41. The molecule has 0 spiro atoms. The first kappa shape index (κ1) is 24.0. The number of alkyl halides is 3. The van der Waals surface area contributed by atoms with Crippen LogP contribution in [0, 0.1) is 0 Å². The highest BCUT2D eigenvalue weighted by Crippen LogP contribution is 2.24. The third kappa shape index (κ3) is 5.32. The fourth-order valence-electron chi connectivity index (χ4n) is 3.24. The van der Waals surface area contributed by atoms with E-state index in [9.17, 15) is 23.1 Å². The molecule has 2 N–H and O–H groups in total. The van der Waals surface area contributed by atoms with Crippen molar-refractivity contribution >= 4 is 23.2 Å². The number of nitrogens with zero attached hydrogens (tertiary/aromatic N) is 5. The van der Waals surface area contributed by atoms with Crippen LogP contribution in [0.2, 0.25) is 10.0 Å². The first-order chi connectivity index (χ1) is 16.1. The Balaban J connectivity index is 1.64. The Hall–Kier alpha value is -3.15. The predicted molar refractivity (Wildman–Crippen MR) is 119 cm³/mol. The van der Waals surface area contributed by atoms with Crippen LogP contribution in [0.5, 0.6) is 0 Å². The second kappa shape index (κ2) is 9.61. The van der Waals surface area contributed by atoms with Gasteiger partial charge in [-0.05, 0) is 35.9 Å². The van der Waals surface area contributed by atoms with Crippen molar-refractivity contribution in [2.75, 3.05) is 0 Å². The molecule has 0 aliphatic rings. The zero-order valence-electron chi connectivity index (χ0n) is 17.3. The van der Waals surface area contributed by atoms with Gasteiger partial charge in [0, 0.05) is 22.0 Å². The van der Waals surface area contributed by atoms with Crippen LogP contribution in [0.3, 0.4) is 0 Å². The predicted octanol–water partition coefficient (Wildman–Crippen LogP) is 3.70. The van der Waals surface area contributed by atoms with Gasteiger partial charge < -0.3 is 5.11 Å². The van der Waals surface area contributed by atoms with Crippen LogP contribution >= 0.6 is 23.2 Å². The molecule has 13 heteroatoms. The van der Waals surface area contributed by atoms with Gasteiger partial charge in [-0.3, -0.25) is 9.67 Å². The number of aromatic nitrogens is 6. The number of halogens is 5. The largest absolute Gasteiger partial charge is 0.416 e. The Morgan fingerprint density at radius 2 is 1.79 bits per heavy atom. The quantitative estimate of drug-likeness (QED) is 0.393. The molecule has 1 atom stereocenters. The van der Waals surface area contributed by atoms with E-state index in [0.717, 1.165) is 14.8 Å². The molecule has 0 aliphatic carbocycles. The Morgan fingerprint density at radius 3 is 2.47 bits per heavy atom. The lowest BCUT2D eigenvalue weighted by Gasteiger charge is -2.15. The zero-order chi connectivity index (χ0) is 24.5. The monoisotopic (exact) mass is 512 g/mol. The molecule has 0 saturated carbocycles. The summed E-state index contributed by atoms with van der Waals surface area (Å²) in [4.78, 5) is 17.2. The molecule has 0 amide bonds. The van der Waals surface area contributed by atoms with Gasteiger partial charge in [0.2, 0.25) is 0 Å². The maximum Gasteiger partial charge on any atom is 0.416 e. The van der Waals surface area contributed by atoms with Gasteiger partial charge >= 0.3 is 11.9 Å². The van der Waals surface area contributed by atoms with Gasteiger partial charge in [-0.2, -0.15) is 18.3 Å². The zero-order valence-corrected chi connectivity index (χ0v) is 18.8. The highest BCUT2D eigenvalue weighted by Gasteiger charge is 2.39. The second-order valence-corrected chi connectivity index (χ2v) is 8.25. The average molecular weight is 513 g/mol. The fourth-order valence-corrected chi connectivity index (χ4v) is 3.56. The molecule has 2 aromatic carbocycles. The number of benzene rings is 2. The molecule has 34 heavy (non-hydrogen) atoms. The molecule has 0 bridgehead atoms. The van der Waals surface area contributed by atoms with Crippen molar-refractivity contribution < 1.29 is 18.3 Å². The van der Waals surface area contributed by atoms with Crippen LogP contribution in [-0.2, 0) is 19.5 Å². The van der Waals surface area contributed by atoms with Crippen LogP contribution in [0.25, 0.3) is 11.4 Å². The highest BCUT2D eigenvalue weighted by atomic mass is 35.5. The van der Waals surface area contributed by atoms with Crippen molar-refractivity contribution in [2.24, 2.45) is 0 Å². The summed E-state index contributed by atoms with van der Waals surface area (Å²) in [6.45, 7) is -1.20. The summed E-state index contributed by atoms with van der Waals surface area (Å²) < 4.78 is 40.6. The van der Waals surface area contributed by atoms with Crippen molar-refractivity contribution in [3.63, 3.8) is 0 Å². The SMILES string of the molecule is O=c1n(Cc2nc(Cc3ccccc3Cl)n[nH]2)nc(-c2ccc(Cl)cc2)n1C[C@H](O)C(F)(F)F. The topological polar surface area (TPSA) is 102 Å². The minimum Gasteiger partial charge on any atom is -0.382 e. The number of hydrogen-bond donors (Lipinski definition) is 2. The van der Waals surface area contributed by atoms with Gasteiger partial charge in [-0.15, -0.1) is 5.10 Å². The number of nitrogens with one attached hydrogen (secondary N) is 1. The van der Waals surface area contributed by atoms with Gasteiger partial charge in [0.15, 0.2) is 17.8 Å². The first-order valence-electron chi connectivity index (χ1n) is 9.93. The summed E-state index contributed by atoms with van der Waals surface area (Å²) in [5.74, 6) is 0.634. The maximum absolute atomic E-state index is 13.0. The van der Waals surface area contributed by atoms with Crippen LogP contribution < -0.4 is 5.69 Å². The standard InChI is InChI=1S/C21H17Cl2F3N6O2/c22-14-7-5-12(6-8-14)19-30-32(20(34)31(19)10-16(33)21(24,25)26)11-18-27-17(28-29-18)9-13-3-1-2-4-15(13)23/h1-8,16,33H,9-11H2,(H,27,28,29)/t16-/m0/s1. The Bertz CT molecular complexity index is 1350. The normalized spacial score (nSPS) is 12.8. The van der Waals surface area contributed by atoms with E-state index in [1.165, 1.54) is 24.3 Å². The van der Waals surface area contributed by atoms with Gasteiger partial charge in [-0.25, -0.2) is 14.5 Å². The Labute approximate surface area is 200 Å². The smallest absolute Gasteiger partial charge is 0.382 e. The van der Waals surface area contributed by atoms with Crippen LogP contribution in [0.1, 0.15) is 17.2 Å². The van der Waals surface area contributed by atoms with Crippen LogP contribution in [-0.4, -0.2) is 46.9 Å². The lowest BCUT2D eigenvalue weighted by atomic mass is 10.1. The number of H-pyrrole nitrogens is 1. The summed E-state index contributed by atoms with van der Waals surface area (Å²) in [7, 11) is 0. The summed E-state index contributed by atoms with van der Waals surface area (Å²) in [5, 5.41) is 21.5. The number of aromatic amines is 1. The summed E-state index contributed by atoms with van der Waals surface area (Å²) in [5.41, 5.74) is 0.311. The van der Waals surface area contributed by atoms with E-state index in [4.69, 9.17) is 23.2 Å². The third-order valence-electron chi connectivity index (χ3n) is 4.94. The minimum absolute atomic E-state index is 0.0548. The van der Waals surface area contributed by atoms with Crippen molar-refractivity contribution in [1.29, 1.82) is 0 Å². The number of aliphatic hydroxyl groups is 1. The maximum atomic E-state index is 13.0. The van der Waals surface area contributed by atoms with Gasteiger partial charge in [0.25, 0.3) is 0 Å². The molecule has 4 rings (SSSR count). The highest BCUT2D eigenvalue weighted by molar-refractivity contribution is 6.31. The third-order valence-corrected chi connectivity index (χ3v) is 5.56. The molecule has 2 heterocycles. The van der Waals surface area contributed by atoms with E-state index in [2.05, 4.69) is 20.3 Å². The van der Waals surface area contributed by atoms with Crippen molar-refractivity contribution in [2.45, 2.75) is 31.8 Å². The summed E-state index contributed by atoms with van der Waals surface area (Å²) in [6, 6.07) is 13.3. The van der Waals surface area contributed by atoms with E-state index in [1.807, 2.05) is 12.1 Å². The van der Waals surface area contributed by atoms with Crippen molar-refractivity contribution in [1.82, 2.24) is 29.5 Å². The molecule has 4 aromatic rings. The molecule has 0 unspecified atom stereocenters. The summed E-state index contributed by atoms with van der Waals surface area (Å²) >= 11 is 12.0. The fraction of sp³-hybridized carbons (Fsp3) is 0.238. The van der Waals surface area contributed by atoms with E-state index >= 15 is 0 Å². The molecule has 0 saturated heterocycles. The van der Waals surface area contributed by atoms with E-state index < -0.39 is 24.5 Å². The van der Waals surface area contributed by atoms with Gasteiger partial charge in [0.05, 0.1) is 6.54 Å². The Kier molecular flexibility index (Phi) is 6.78. The lowest BCUT2D eigenvalue weighted by molar-refractivity contribution is -0.207. The number of aliphatic hydroxyl groups excluding tert-OH is 1. The van der Waals surface area contributed by atoms with Crippen molar-refractivity contribution in [3.05, 3.63) is 86.3 Å². The van der Waals surface area contributed by atoms with Crippen LogP contribution in [0.4, 0.5) is 13.2 Å². The van der Waals surface area contributed by atoms with E-state index in [0.29, 0.717) is 27.9 Å². The van der Waals surface area contributed by atoms with Gasteiger partial charge in [0.1, 0.15) is 12.4 Å². The molecule has 2 aromatic heterocycles. The Morgan fingerprint density at radius 1 is 1.09 bits per heavy atom. The molecule has 0 radical (unpaired) electrons. The van der Waals surface area contributed by atoms with Crippen molar-refractivity contribution in [3.8, 4) is 11.4 Å². The lowest BCUT2D eigenvalue weighted by Crippen LogP contribution is -2.37.